The SMILES string of the molecule is C=CCNC(=O)c1ccccc1NC(=O)CN(c1ccc(OC)cc1OC)S(=O)(=O)c1ccccc1[N+](=O)[O-]. The Kier molecular flexibility index (Phi) is 9.23. The molecule has 0 bridgehead atoms. The average molecular weight is 555 g/mol. The Hall–Kier alpha value is -4.91. The Morgan fingerprint density at radius 2 is 1.74 bits per heavy atom. The lowest BCUT2D eigenvalue weighted by molar-refractivity contribution is -0.387. The highest BCUT2D eigenvalue weighted by Gasteiger charge is 2.35. The second-order valence-corrected chi connectivity index (χ2v) is 9.70. The first-order valence-electron chi connectivity index (χ1n) is 11.4. The number of hydrogen-bond donors (Lipinski definition) is 2. The molecule has 0 radical (unpaired) electrons. The molecule has 2 N–H and O–H groups in total. The molecule has 0 atom stereocenters. The van der Waals surface area contributed by atoms with Crippen LogP contribution in [0.3, 0.4) is 0 Å². The fraction of sp³-hybridized carbons (Fsp3) is 0.154. The zero-order valence-corrected chi connectivity index (χ0v) is 21.9. The van der Waals surface area contributed by atoms with Crippen molar-refractivity contribution in [2.24, 2.45) is 0 Å². The molecule has 12 nitrogen and oxygen atoms in total. The molecule has 3 aromatic rings. The molecule has 0 heterocycles. The Morgan fingerprint density at radius 3 is 2.41 bits per heavy atom. The van der Waals surface area contributed by atoms with Gasteiger partial charge < -0.3 is 20.1 Å². The van der Waals surface area contributed by atoms with Crippen LogP contribution in [0.2, 0.25) is 0 Å². The molecular formula is C26H26N4O8S. The van der Waals surface area contributed by atoms with Gasteiger partial charge in [0.25, 0.3) is 21.6 Å². The highest BCUT2D eigenvalue weighted by molar-refractivity contribution is 7.93. The van der Waals surface area contributed by atoms with Crippen molar-refractivity contribution in [3.05, 3.63) is 95.1 Å². The van der Waals surface area contributed by atoms with Crippen molar-refractivity contribution < 1.29 is 32.4 Å². The summed E-state index contributed by atoms with van der Waals surface area (Å²) in [6.07, 6.45) is 1.49. The molecule has 0 aliphatic carbocycles. The monoisotopic (exact) mass is 554 g/mol. The molecule has 39 heavy (non-hydrogen) atoms. The van der Waals surface area contributed by atoms with E-state index in [4.69, 9.17) is 9.47 Å². The normalized spacial score (nSPS) is 10.7. The van der Waals surface area contributed by atoms with Gasteiger partial charge in [0, 0.05) is 18.7 Å². The van der Waals surface area contributed by atoms with Crippen molar-refractivity contribution in [2.45, 2.75) is 4.90 Å². The van der Waals surface area contributed by atoms with E-state index >= 15 is 0 Å². The van der Waals surface area contributed by atoms with Crippen molar-refractivity contribution in [1.29, 1.82) is 0 Å². The van der Waals surface area contributed by atoms with Gasteiger partial charge in [-0.1, -0.05) is 30.3 Å². The number of nitrogens with zero attached hydrogens (tertiary/aromatic N) is 2. The number of amides is 2. The van der Waals surface area contributed by atoms with E-state index in [1.165, 1.54) is 62.8 Å². The number of ether oxygens (including phenoxy) is 2. The van der Waals surface area contributed by atoms with Crippen LogP contribution in [0.5, 0.6) is 11.5 Å². The highest BCUT2D eigenvalue weighted by Crippen LogP contribution is 2.37. The lowest BCUT2D eigenvalue weighted by Crippen LogP contribution is -2.39. The summed E-state index contributed by atoms with van der Waals surface area (Å²) in [6.45, 7) is 2.93. The Balaban J connectivity index is 2.08. The fourth-order valence-corrected chi connectivity index (χ4v) is 5.20. The topological polar surface area (TPSA) is 157 Å². The molecule has 0 unspecified atom stereocenters. The van der Waals surface area contributed by atoms with Gasteiger partial charge in [-0.05, 0) is 30.3 Å². The van der Waals surface area contributed by atoms with Gasteiger partial charge in [-0.25, -0.2) is 8.42 Å². The van der Waals surface area contributed by atoms with Crippen LogP contribution in [0.15, 0.2) is 84.3 Å². The number of para-hydroxylation sites is 2. The van der Waals surface area contributed by atoms with E-state index < -0.39 is 43.9 Å². The summed E-state index contributed by atoms with van der Waals surface area (Å²) in [7, 11) is -1.98. The van der Waals surface area contributed by atoms with Gasteiger partial charge in [0.2, 0.25) is 5.91 Å². The average Bonchev–Trinajstić information content (AvgIpc) is 2.94. The predicted molar refractivity (Wildman–Crippen MR) is 145 cm³/mol. The molecule has 0 aliphatic heterocycles. The van der Waals surface area contributed by atoms with Gasteiger partial charge >= 0.3 is 0 Å². The number of nitro groups is 1. The number of carbonyl (C=O) groups excluding carboxylic acids is 2. The largest absolute Gasteiger partial charge is 0.497 e. The van der Waals surface area contributed by atoms with Gasteiger partial charge in [-0.3, -0.25) is 24.0 Å². The lowest BCUT2D eigenvalue weighted by atomic mass is 10.1. The highest BCUT2D eigenvalue weighted by atomic mass is 32.2. The van der Waals surface area contributed by atoms with Gasteiger partial charge in [-0.15, -0.1) is 6.58 Å². The molecule has 204 valence electrons. The zero-order chi connectivity index (χ0) is 28.6. The smallest absolute Gasteiger partial charge is 0.289 e. The van der Waals surface area contributed by atoms with Gasteiger partial charge in [0.05, 0.1) is 36.1 Å². The summed E-state index contributed by atoms with van der Waals surface area (Å²) in [5, 5.41) is 16.8. The first-order chi connectivity index (χ1) is 18.6. The van der Waals surface area contributed by atoms with Crippen molar-refractivity contribution in [2.75, 3.05) is 36.9 Å². The van der Waals surface area contributed by atoms with E-state index in [0.717, 1.165) is 12.1 Å². The maximum atomic E-state index is 13.8. The molecule has 0 saturated heterocycles. The number of sulfonamides is 1. The number of carbonyl (C=O) groups is 2. The maximum absolute atomic E-state index is 13.8. The molecule has 0 aromatic heterocycles. The summed E-state index contributed by atoms with van der Waals surface area (Å²) in [4.78, 5) is 36.0. The van der Waals surface area contributed by atoms with Crippen molar-refractivity contribution in [1.82, 2.24) is 5.32 Å². The molecule has 13 heteroatoms. The molecule has 0 spiro atoms. The van der Waals surface area contributed by atoms with Crippen LogP contribution in [0.1, 0.15) is 10.4 Å². The second kappa shape index (κ2) is 12.6. The Labute approximate surface area is 225 Å². The first-order valence-corrected chi connectivity index (χ1v) is 12.8. The van der Waals surface area contributed by atoms with Crippen molar-refractivity contribution in [3.8, 4) is 11.5 Å². The van der Waals surface area contributed by atoms with E-state index in [1.807, 2.05) is 0 Å². The van der Waals surface area contributed by atoms with E-state index in [0.29, 0.717) is 10.1 Å². The molecule has 0 saturated carbocycles. The minimum atomic E-state index is -4.69. The molecule has 0 aliphatic rings. The van der Waals surface area contributed by atoms with Crippen LogP contribution in [0.25, 0.3) is 0 Å². The minimum Gasteiger partial charge on any atom is -0.497 e. The van der Waals surface area contributed by atoms with E-state index in [1.54, 1.807) is 12.1 Å². The van der Waals surface area contributed by atoms with Crippen LogP contribution in [-0.4, -0.2) is 52.5 Å². The third kappa shape index (κ3) is 6.51. The maximum Gasteiger partial charge on any atom is 0.289 e. The lowest BCUT2D eigenvalue weighted by Gasteiger charge is -2.26. The van der Waals surface area contributed by atoms with Crippen molar-refractivity contribution >= 4 is 38.9 Å². The standard InChI is InChI=1S/C26H26N4O8S/c1-4-15-27-26(32)19-9-5-6-10-20(19)28-25(31)17-29(21-14-13-18(37-2)16-23(21)38-3)39(35,36)24-12-8-7-11-22(24)30(33)34/h4-14,16H,1,15,17H2,2-3H3,(H,27,32)(H,28,31). The van der Waals surface area contributed by atoms with Gasteiger partial charge in [-0.2, -0.15) is 0 Å². The molecule has 0 fully saturated rings. The third-order valence-electron chi connectivity index (χ3n) is 5.43. The summed E-state index contributed by atoms with van der Waals surface area (Å²) in [5.41, 5.74) is -0.458. The minimum absolute atomic E-state index is 0.0357. The van der Waals surface area contributed by atoms with E-state index in [2.05, 4.69) is 17.2 Å². The fourth-order valence-electron chi connectivity index (χ4n) is 3.61. The molecule has 2 amide bonds. The summed E-state index contributed by atoms with van der Waals surface area (Å²) in [5.74, 6) is -0.915. The van der Waals surface area contributed by atoms with Crippen LogP contribution >= 0.6 is 0 Å². The van der Waals surface area contributed by atoms with E-state index in [-0.39, 0.29) is 29.2 Å². The summed E-state index contributed by atoms with van der Waals surface area (Å²) < 4.78 is 38.9. The number of nitrogens with one attached hydrogen (secondary N) is 2. The summed E-state index contributed by atoms with van der Waals surface area (Å²) >= 11 is 0. The van der Waals surface area contributed by atoms with Gasteiger partial charge in [0.15, 0.2) is 4.90 Å². The quantitative estimate of drug-likeness (QED) is 0.196. The van der Waals surface area contributed by atoms with Gasteiger partial charge in [0.1, 0.15) is 18.0 Å². The number of hydrogen-bond acceptors (Lipinski definition) is 8. The number of benzene rings is 3. The Morgan fingerprint density at radius 1 is 1.05 bits per heavy atom. The first kappa shape index (κ1) is 28.7. The number of rotatable bonds is 12. The predicted octanol–water partition coefficient (Wildman–Crippen LogP) is 3.36. The number of nitro benzene ring substituents is 1. The summed E-state index contributed by atoms with van der Waals surface area (Å²) in [6, 6.07) is 15.2. The molecule has 3 rings (SSSR count). The second-order valence-electron chi connectivity index (χ2n) is 7.87. The molecular weight excluding hydrogens is 528 g/mol. The Bertz CT molecular complexity index is 1510. The number of anilines is 2. The molecule has 3 aromatic carbocycles. The number of methoxy groups -OCH3 is 2. The third-order valence-corrected chi connectivity index (χ3v) is 7.23. The van der Waals surface area contributed by atoms with Crippen LogP contribution in [-0.2, 0) is 14.8 Å². The zero-order valence-electron chi connectivity index (χ0n) is 21.1. The van der Waals surface area contributed by atoms with Crippen LogP contribution < -0.4 is 24.4 Å². The van der Waals surface area contributed by atoms with E-state index in [9.17, 15) is 28.1 Å². The van der Waals surface area contributed by atoms with Crippen LogP contribution in [0.4, 0.5) is 17.1 Å². The van der Waals surface area contributed by atoms with Crippen molar-refractivity contribution in [3.63, 3.8) is 0 Å². The van der Waals surface area contributed by atoms with Crippen LogP contribution in [0, 0.1) is 10.1 Å².